The molecule has 0 amide bonds. The Morgan fingerprint density at radius 3 is 2.80 bits per heavy atom. The van der Waals surface area contributed by atoms with Crippen LogP contribution in [0.25, 0.3) is 0 Å². The molecule has 15 heavy (non-hydrogen) atoms. The second kappa shape index (κ2) is 5.58. The van der Waals surface area contributed by atoms with Crippen LogP contribution in [0.15, 0.2) is 11.6 Å². The SMILES string of the molecule is CCC(NCCC(C)(C)O)c1nccs1. The monoisotopic (exact) mass is 228 g/mol. The van der Waals surface area contributed by atoms with Crippen LogP contribution in [-0.2, 0) is 0 Å². The fourth-order valence-electron chi connectivity index (χ4n) is 1.37. The number of hydrogen-bond acceptors (Lipinski definition) is 4. The van der Waals surface area contributed by atoms with Crippen LogP contribution in [0.1, 0.15) is 44.7 Å². The zero-order valence-corrected chi connectivity index (χ0v) is 10.5. The topological polar surface area (TPSA) is 45.1 Å². The molecule has 0 aliphatic rings. The first-order valence-electron chi connectivity index (χ1n) is 5.38. The average Bonchev–Trinajstić information content (AvgIpc) is 2.63. The Morgan fingerprint density at radius 2 is 2.33 bits per heavy atom. The molecule has 2 N–H and O–H groups in total. The maximum atomic E-state index is 9.58. The summed E-state index contributed by atoms with van der Waals surface area (Å²) in [5.74, 6) is 0. The van der Waals surface area contributed by atoms with Crippen LogP contribution in [0.4, 0.5) is 0 Å². The molecule has 0 aliphatic carbocycles. The van der Waals surface area contributed by atoms with Gasteiger partial charge in [0.25, 0.3) is 0 Å². The molecule has 0 aromatic carbocycles. The lowest BCUT2D eigenvalue weighted by atomic mass is 10.1. The Bertz CT molecular complexity index is 267. The zero-order chi connectivity index (χ0) is 11.3. The smallest absolute Gasteiger partial charge is 0.109 e. The van der Waals surface area contributed by atoms with Crippen LogP contribution in [0.5, 0.6) is 0 Å². The molecule has 0 radical (unpaired) electrons. The van der Waals surface area contributed by atoms with Gasteiger partial charge >= 0.3 is 0 Å². The van der Waals surface area contributed by atoms with E-state index >= 15 is 0 Å². The van der Waals surface area contributed by atoms with E-state index in [1.807, 2.05) is 25.4 Å². The summed E-state index contributed by atoms with van der Waals surface area (Å²) in [6.45, 7) is 6.63. The van der Waals surface area contributed by atoms with Crippen molar-refractivity contribution in [1.82, 2.24) is 10.3 Å². The number of nitrogens with zero attached hydrogens (tertiary/aromatic N) is 1. The molecular formula is C11H20N2OS. The molecule has 4 heteroatoms. The van der Waals surface area contributed by atoms with Crippen LogP contribution in [0, 0.1) is 0 Å². The van der Waals surface area contributed by atoms with Crippen LogP contribution in [0.3, 0.4) is 0 Å². The number of nitrogens with one attached hydrogen (secondary N) is 1. The predicted molar refractivity (Wildman–Crippen MR) is 64.1 cm³/mol. The third-order valence-electron chi connectivity index (χ3n) is 2.29. The second-order valence-electron chi connectivity index (χ2n) is 4.35. The molecule has 0 saturated heterocycles. The molecule has 1 heterocycles. The van der Waals surface area contributed by atoms with E-state index in [0.717, 1.165) is 24.4 Å². The van der Waals surface area contributed by atoms with Gasteiger partial charge in [0.05, 0.1) is 11.6 Å². The summed E-state index contributed by atoms with van der Waals surface area (Å²) in [6, 6.07) is 0.326. The standard InChI is InChI=1S/C11H20N2OS/c1-4-9(10-13-7-8-15-10)12-6-5-11(2,3)14/h7-9,12,14H,4-6H2,1-3H3. The van der Waals surface area contributed by atoms with Crippen molar-refractivity contribution in [2.45, 2.75) is 45.3 Å². The van der Waals surface area contributed by atoms with E-state index < -0.39 is 5.60 Å². The van der Waals surface area contributed by atoms with Crippen LogP contribution >= 0.6 is 11.3 Å². The number of rotatable bonds is 6. The largest absolute Gasteiger partial charge is 0.390 e. The number of thiazole rings is 1. The molecule has 0 saturated carbocycles. The first-order valence-corrected chi connectivity index (χ1v) is 6.26. The van der Waals surface area contributed by atoms with Gasteiger partial charge in [0.2, 0.25) is 0 Å². The lowest BCUT2D eigenvalue weighted by Crippen LogP contribution is -2.29. The quantitative estimate of drug-likeness (QED) is 0.785. The molecule has 0 bridgehead atoms. The van der Waals surface area contributed by atoms with Crippen LogP contribution in [-0.4, -0.2) is 22.2 Å². The third-order valence-corrected chi connectivity index (χ3v) is 3.17. The highest BCUT2D eigenvalue weighted by atomic mass is 32.1. The minimum absolute atomic E-state index is 0.326. The van der Waals surface area contributed by atoms with Crippen molar-refractivity contribution in [1.29, 1.82) is 0 Å². The zero-order valence-electron chi connectivity index (χ0n) is 9.66. The molecule has 1 unspecified atom stereocenters. The summed E-state index contributed by atoms with van der Waals surface area (Å²) in [6.07, 6.45) is 3.62. The van der Waals surface area contributed by atoms with Crippen molar-refractivity contribution in [2.75, 3.05) is 6.54 Å². The third kappa shape index (κ3) is 4.73. The Hall–Kier alpha value is -0.450. The number of aromatic nitrogens is 1. The highest BCUT2D eigenvalue weighted by molar-refractivity contribution is 7.09. The Kier molecular flexibility index (Phi) is 4.70. The Balaban J connectivity index is 2.36. The first kappa shape index (κ1) is 12.6. The van der Waals surface area contributed by atoms with E-state index in [1.54, 1.807) is 11.3 Å². The van der Waals surface area contributed by atoms with Crippen molar-refractivity contribution >= 4 is 11.3 Å². The average molecular weight is 228 g/mol. The van der Waals surface area contributed by atoms with Gasteiger partial charge < -0.3 is 10.4 Å². The highest BCUT2D eigenvalue weighted by Gasteiger charge is 2.15. The molecule has 1 aromatic rings. The maximum absolute atomic E-state index is 9.58. The summed E-state index contributed by atoms with van der Waals surface area (Å²) < 4.78 is 0. The molecule has 0 spiro atoms. The van der Waals surface area contributed by atoms with Crippen LogP contribution < -0.4 is 5.32 Å². The van der Waals surface area contributed by atoms with Gasteiger partial charge in [-0.15, -0.1) is 11.3 Å². The molecule has 1 atom stereocenters. The molecule has 0 fully saturated rings. The van der Waals surface area contributed by atoms with E-state index in [0.29, 0.717) is 6.04 Å². The minimum Gasteiger partial charge on any atom is -0.390 e. The van der Waals surface area contributed by atoms with Crippen molar-refractivity contribution < 1.29 is 5.11 Å². The van der Waals surface area contributed by atoms with Crippen molar-refractivity contribution in [3.05, 3.63) is 16.6 Å². The van der Waals surface area contributed by atoms with Crippen molar-refractivity contribution in [3.8, 4) is 0 Å². The Labute approximate surface area is 95.6 Å². The predicted octanol–water partition coefficient (Wildman–Crippen LogP) is 2.34. The molecule has 0 aliphatic heterocycles. The molecule has 1 rings (SSSR count). The summed E-state index contributed by atoms with van der Waals surface area (Å²) in [5.41, 5.74) is -0.589. The van der Waals surface area contributed by atoms with Gasteiger partial charge in [-0.1, -0.05) is 6.92 Å². The minimum atomic E-state index is -0.589. The maximum Gasteiger partial charge on any atom is 0.109 e. The van der Waals surface area contributed by atoms with Gasteiger partial charge in [-0.05, 0) is 33.2 Å². The van der Waals surface area contributed by atoms with E-state index in [4.69, 9.17) is 0 Å². The summed E-state index contributed by atoms with van der Waals surface area (Å²) >= 11 is 1.68. The highest BCUT2D eigenvalue weighted by Crippen LogP contribution is 2.19. The molecule has 3 nitrogen and oxygen atoms in total. The lowest BCUT2D eigenvalue weighted by molar-refractivity contribution is 0.0703. The number of aliphatic hydroxyl groups is 1. The van der Waals surface area contributed by atoms with E-state index in [-0.39, 0.29) is 0 Å². The van der Waals surface area contributed by atoms with Crippen molar-refractivity contribution in [3.63, 3.8) is 0 Å². The molecule has 1 aromatic heterocycles. The van der Waals surface area contributed by atoms with Crippen LogP contribution in [0.2, 0.25) is 0 Å². The normalized spacial score (nSPS) is 14.1. The Morgan fingerprint density at radius 1 is 1.60 bits per heavy atom. The van der Waals surface area contributed by atoms with Gasteiger partial charge in [-0.2, -0.15) is 0 Å². The lowest BCUT2D eigenvalue weighted by Gasteiger charge is -2.20. The summed E-state index contributed by atoms with van der Waals surface area (Å²) in [4.78, 5) is 4.30. The van der Waals surface area contributed by atoms with Gasteiger partial charge in [0.15, 0.2) is 0 Å². The first-order chi connectivity index (χ1) is 7.03. The van der Waals surface area contributed by atoms with Crippen molar-refractivity contribution in [2.24, 2.45) is 0 Å². The fraction of sp³-hybridized carbons (Fsp3) is 0.727. The number of hydrogen-bond donors (Lipinski definition) is 2. The molecule has 86 valence electrons. The second-order valence-corrected chi connectivity index (χ2v) is 5.27. The van der Waals surface area contributed by atoms with Gasteiger partial charge in [-0.3, -0.25) is 0 Å². The van der Waals surface area contributed by atoms with E-state index in [2.05, 4.69) is 17.2 Å². The fourth-order valence-corrected chi connectivity index (χ4v) is 2.16. The van der Waals surface area contributed by atoms with E-state index in [1.165, 1.54) is 0 Å². The van der Waals surface area contributed by atoms with Gasteiger partial charge in [0, 0.05) is 11.6 Å². The van der Waals surface area contributed by atoms with Gasteiger partial charge in [0.1, 0.15) is 5.01 Å². The summed E-state index contributed by atoms with van der Waals surface area (Å²) in [7, 11) is 0. The molecular weight excluding hydrogens is 208 g/mol. The summed E-state index contributed by atoms with van der Waals surface area (Å²) in [5, 5.41) is 16.1. The van der Waals surface area contributed by atoms with Gasteiger partial charge in [-0.25, -0.2) is 4.98 Å². The van der Waals surface area contributed by atoms with E-state index in [9.17, 15) is 5.11 Å².